The summed E-state index contributed by atoms with van der Waals surface area (Å²) in [6.45, 7) is 8.15. The van der Waals surface area contributed by atoms with Gasteiger partial charge in [-0.3, -0.25) is 8.98 Å². The van der Waals surface area contributed by atoms with E-state index < -0.39 is 36.6 Å². The summed E-state index contributed by atoms with van der Waals surface area (Å²) in [5.41, 5.74) is 0.948. The number of hydrogen-bond acceptors (Lipinski definition) is 6. The predicted octanol–water partition coefficient (Wildman–Crippen LogP) is 4.35. The number of hydrogen-bond donors (Lipinski definition) is 0. The highest BCUT2D eigenvalue weighted by molar-refractivity contribution is 7.86. The van der Waals surface area contributed by atoms with Crippen molar-refractivity contribution in [1.29, 1.82) is 0 Å². The fraction of sp³-hybridized carbons (Fsp3) is 0.345. The molecule has 0 aliphatic carbocycles. The summed E-state index contributed by atoms with van der Waals surface area (Å²) in [4.78, 5) is 12.7. The maximum absolute atomic E-state index is 12.7. The molecule has 1 aliphatic rings. The van der Waals surface area contributed by atoms with Crippen LogP contribution in [0.2, 0.25) is 5.04 Å². The first-order valence-corrected chi connectivity index (χ1v) is 15.8. The minimum Gasteiger partial charge on any atom is -0.460 e. The second-order valence-corrected chi connectivity index (χ2v) is 16.4. The van der Waals surface area contributed by atoms with Crippen molar-refractivity contribution in [3.8, 4) is 0 Å². The first-order chi connectivity index (χ1) is 17.5. The van der Waals surface area contributed by atoms with Crippen LogP contribution in [0.25, 0.3) is 0 Å². The van der Waals surface area contributed by atoms with Crippen LogP contribution in [0.4, 0.5) is 0 Å². The molecule has 0 spiro atoms. The molecule has 0 bridgehead atoms. The van der Waals surface area contributed by atoms with E-state index in [1.807, 2.05) is 43.3 Å². The van der Waals surface area contributed by atoms with Crippen molar-refractivity contribution in [2.45, 2.75) is 62.7 Å². The molecule has 0 aromatic heterocycles. The largest absolute Gasteiger partial charge is 0.460 e. The fourth-order valence-corrected chi connectivity index (χ4v) is 10.5. The molecule has 4 rings (SSSR count). The van der Waals surface area contributed by atoms with Crippen molar-refractivity contribution in [1.82, 2.24) is 0 Å². The van der Waals surface area contributed by atoms with Crippen molar-refractivity contribution in [3.63, 3.8) is 0 Å². The number of rotatable bonds is 8. The van der Waals surface area contributed by atoms with Gasteiger partial charge in [-0.2, -0.15) is 8.42 Å². The number of esters is 1. The van der Waals surface area contributed by atoms with E-state index >= 15 is 0 Å². The van der Waals surface area contributed by atoms with Crippen LogP contribution >= 0.6 is 0 Å². The quantitative estimate of drug-likeness (QED) is 0.241. The highest BCUT2D eigenvalue weighted by Gasteiger charge is 2.52. The molecule has 37 heavy (non-hydrogen) atoms. The number of carbonyl (C=O) groups excluding carboxylic acids is 1. The van der Waals surface area contributed by atoms with Crippen LogP contribution in [0.3, 0.4) is 0 Å². The van der Waals surface area contributed by atoms with Crippen LogP contribution in [0.15, 0.2) is 89.8 Å². The molecule has 1 fully saturated rings. The smallest absolute Gasteiger partial charge is 0.308 e. The molecule has 3 aromatic rings. The third-order valence-electron chi connectivity index (χ3n) is 6.70. The molecule has 0 radical (unpaired) electrons. The van der Waals surface area contributed by atoms with Crippen LogP contribution < -0.4 is 10.4 Å². The van der Waals surface area contributed by atoms with Crippen molar-refractivity contribution >= 4 is 34.8 Å². The normalized spacial score (nSPS) is 18.9. The van der Waals surface area contributed by atoms with Crippen LogP contribution in [0.1, 0.15) is 39.2 Å². The summed E-state index contributed by atoms with van der Waals surface area (Å²) in [5, 5.41) is 1.97. The molecule has 1 heterocycles. The van der Waals surface area contributed by atoms with E-state index in [0.717, 1.165) is 15.9 Å². The van der Waals surface area contributed by atoms with Gasteiger partial charge >= 0.3 is 5.97 Å². The zero-order valence-corrected chi connectivity index (χ0v) is 23.5. The maximum atomic E-state index is 12.7. The van der Waals surface area contributed by atoms with Gasteiger partial charge < -0.3 is 9.16 Å². The van der Waals surface area contributed by atoms with Crippen molar-refractivity contribution < 1.29 is 26.6 Å². The lowest BCUT2D eigenvalue weighted by Crippen LogP contribution is -2.68. The van der Waals surface area contributed by atoms with Gasteiger partial charge in [0.1, 0.15) is 12.7 Å². The maximum Gasteiger partial charge on any atom is 0.308 e. The summed E-state index contributed by atoms with van der Waals surface area (Å²) in [6.07, 6.45) is -0.723. The lowest BCUT2D eigenvalue weighted by molar-refractivity contribution is -0.161. The highest BCUT2D eigenvalue weighted by Crippen LogP contribution is 2.39. The minimum atomic E-state index is -3.98. The van der Waals surface area contributed by atoms with Gasteiger partial charge in [0.2, 0.25) is 0 Å². The van der Waals surface area contributed by atoms with E-state index in [2.05, 4.69) is 45.0 Å². The Balaban J connectivity index is 1.60. The zero-order valence-electron chi connectivity index (χ0n) is 21.7. The van der Waals surface area contributed by atoms with Crippen LogP contribution in [0, 0.1) is 6.92 Å². The Hall–Kier alpha value is -2.78. The summed E-state index contributed by atoms with van der Waals surface area (Å²) in [6, 6.07) is 26.8. The Labute approximate surface area is 220 Å². The van der Waals surface area contributed by atoms with E-state index in [0.29, 0.717) is 6.42 Å². The van der Waals surface area contributed by atoms with E-state index in [1.165, 1.54) is 12.1 Å². The van der Waals surface area contributed by atoms with E-state index in [-0.39, 0.29) is 23.0 Å². The average Bonchev–Trinajstić information content (AvgIpc) is 2.86. The molecule has 0 saturated carbocycles. The van der Waals surface area contributed by atoms with E-state index in [9.17, 15) is 13.2 Å². The molecular formula is C29H34O6SSi. The van der Waals surface area contributed by atoms with Gasteiger partial charge in [-0.1, -0.05) is 99.1 Å². The second-order valence-electron chi connectivity index (χ2n) is 10.5. The van der Waals surface area contributed by atoms with Gasteiger partial charge in [-0.25, -0.2) is 0 Å². The SMILES string of the molecule is Cc1ccc(S(=O)(=O)OCC2CC(O[Si](c3ccccc3)(c3ccccc3)C(C)(C)C)CC(=O)O2)cc1. The van der Waals surface area contributed by atoms with E-state index in [1.54, 1.807) is 12.1 Å². The third-order valence-corrected chi connectivity index (χ3v) is 13.1. The lowest BCUT2D eigenvalue weighted by Gasteiger charge is -2.46. The second kappa shape index (κ2) is 10.9. The molecule has 2 unspecified atom stereocenters. The molecule has 6 nitrogen and oxygen atoms in total. The monoisotopic (exact) mass is 538 g/mol. The predicted molar refractivity (Wildman–Crippen MR) is 146 cm³/mol. The Morgan fingerprint density at radius 3 is 1.95 bits per heavy atom. The number of carbonyl (C=O) groups is 1. The van der Waals surface area contributed by atoms with Crippen molar-refractivity contribution in [2.75, 3.05) is 6.61 Å². The number of aryl methyl sites for hydroxylation is 1. The van der Waals surface area contributed by atoms with Crippen LogP contribution in [-0.2, 0) is 28.3 Å². The van der Waals surface area contributed by atoms with Crippen molar-refractivity contribution in [2.24, 2.45) is 0 Å². The summed E-state index contributed by atoms with van der Waals surface area (Å²) in [5.74, 6) is -0.421. The lowest BCUT2D eigenvalue weighted by atomic mass is 10.1. The highest BCUT2D eigenvalue weighted by atomic mass is 32.2. The molecule has 3 aromatic carbocycles. The summed E-state index contributed by atoms with van der Waals surface area (Å²) < 4.78 is 43.3. The molecule has 196 valence electrons. The van der Waals surface area contributed by atoms with Gasteiger partial charge in [-0.05, 0) is 34.5 Å². The van der Waals surface area contributed by atoms with Crippen LogP contribution in [0.5, 0.6) is 0 Å². The molecule has 1 saturated heterocycles. The fourth-order valence-electron chi connectivity index (χ4n) is 4.92. The van der Waals surface area contributed by atoms with Crippen LogP contribution in [-0.4, -0.2) is 41.5 Å². The zero-order chi connectivity index (χ0) is 26.7. The Bertz CT molecular complexity index is 1260. The van der Waals surface area contributed by atoms with Gasteiger partial charge in [0.15, 0.2) is 0 Å². The van der Waals surface area contributed by atoms with E-state index in [4.69, 9.17) is 13.3 Å². The Morgan fingerprint density at radius 1 is 0.892 bits per heavy atom. The van der Waals surface area contributed by atoms with Gasteiger partial charge in [-0.15, -0.1) is 0 Å². The van der Waals surface area contributed by atoms with Gasteiger partial charge in [0.05, 0.1) is 17.4 Å². The molecule has 0 amide bonds. The molecular weight excluding hydrogens is 504 g/mol. The first kappa shape index (κ1) is 27.3. The Kier molecular flexibility index (Phi) is 8.04. The number of cyclic esters (lactones) is 1. The molecule has 0 N–H and O–H groups in total. The van der Waals surface area contributed by atoms with Gasteiger partial charge in [0, 0.05) is 6.42 Å². The minimum absolute atomic E-state index is 0.0698. The number of ether oxygens (including phenoxy) is 1. The molecule has 2 atom stereocenters. The third kappa shape index (κ3) is 6.04. The molecule has 1 aliphatic heterocycles. The molecule has 8 heteroatoms. The topological polar surface area (TPSA) is 78.9 Å². The Morgan fingerprint density at radius 2 is 1.43 bits per heavy atom. The summed E-state index contributed by atoms with van der Waals surface area (Å²) in [7, 11) is -6.86. The number of benzene rings is 3. The summed E-state index contributed by atoms with van der Waals surface area (Å²) >= 11 is 0. The van der Waals surface area contributed by atoms with Gasteiger partial charge in [0.25, 0.3) is 18.4 Å². The first-order valence-electron chi connectivity index (χ1n) is 12.5. The average molecular weight is 539 g/mol. The van der Waals surface area contributed by atoms with Crippen molar-refractivity contribution in [3.05, 3.63) is 90.5 Å². The standard InChI is InChI=1S/C29H34O6SSi/c1-22-15-17-25(18-16-22)36(31,32)33-21-24-19-23(20-28(30)34-24)35-37(29(2,3)4,26-11-7-5-8-12-26)27-13-9-6-10-14-27/h5-18,23-24H,19-21H2,1-4H3.